The van der Waals surface area contributed by atoms with Crippen LogP contribution < -0.4 is 21.1 Å². The molecule has 1 atom stereocenters. The van der Waals surface area contributed by atoms with Crippen LogP contribution in [0.4, 0.5) is 18.9 Å². The van der Waals surface area contributed by atoms with Gasteiger partial charge >= 0.3 is 6.18 Å². The third-order valence-corrected chi connectivity index (χ3v) is 4.96. The monoisotopic (exact) mass is 488 g/mol. The first-order valence-electron chi connectivity index (χ1n) is 10.4. The first kappa shape index (κ1) is 25.3. The number of amidine groups is 1. The van der Waals surface area contributed by atoms with Crippen LogP contribution in [0.15, 0.2) is 65.5 Å². The second kappa shape index (κ2) is 10.8. The third-order valence-electron chi connectivity index (χ3n) is 4.96. The number of hydrogen-bond donors (Lipinski definition) is 4. The molecular formula is C24H23F3N4O4. The summed E-state index contributed by atoms with van der Waals surface area (Å²) in [5.74, 6) is -1.74. The molecule has 1 heterocycles. The number of rotatable bonds is 9. The fourth-order valence-electron chi connectivity index (χ4n) is 3.16. The van der Waals surface area contributed by atoms with Crippen molar-refractivity contribution in [2.24, 2.45) is 5.73 Å². The number of anilines is 1. The minimum absolute atomic E-state index is 0.0994. The van der Waals surface area contributed by atoms with Gasteiger partial charge in [-0.2, -0.15) is 13.2 Å². The molecule has 2 aromatic carbocycles. The van der Waals surface area contributed by atoms with Gasteiger partial charge in [0.15, 0.2) is 0 Å². The quantitative estimate of drug-likeness (QED) is 0.202. The maximum absolute atomic E-state index is 13.6. The predicted octanol–water partition coefficient (Wildman–Crippen LogP) is 4.37. The van der Waals surface area contributed by atoms with Crippen LogP contribution in [0, 0.1) is 5.41 Å². The van der Waals surface area contributed by atoms with Crippen molar-refractivity contribution in [3.63, 3.8) is 0 Å². The molecule has 5 N–H and O–H groups in total. The Balaban J connectivity index is 1.61. The Morgan fingerprint density at radius 3 is 2.43 bits per heavy atom. The predicted molar refractivity (Wildman–Crippen MR) is 122 cm³/mol. The number of hydrogen-bond acceptors (Lipinski definition) is 5. The topological polar surface area (TPSA) is 130 Å². The molecule has 35 heavy (non-hydrogen) atoms. The molecule has 0 fully saturated rings. The Hall–Kier alpha value is -4.28. The average molecular weight is 488 g/mol. The Morgan fingerprint density at radius 2 is 1.83 bits per heavy atom. The van der Waals surface area contributed by atoms with Crippen molar-refractivity contribution >= 4 is 23.3 Å². The lowest BCUT2D eigenvalue weighted by atomic mass is 10.0. The van der Waals surface area contributed by atoms with Gasteiger partial charge in [0, 0.05) is 16.8 Å². The van der Waals surface area contributed by atoms with E-state index in [0.717, 1.165) is 6.07 Å². The van der Waals surface area contributed by atoms with Crippen molar-refractivity contribution in [3.05, 3.63) is 83.3 Å². The lowest BCUT2D eigenvalue weighted by molar-refractivity contribution is -0.139. The van der Waals surface area contributed by atoms with E-state index in [2.05, 4.69) is 10.6 Å². The fourth-order valence-corrected chi connectivity index (χ4v) is 3.16. The summed E-state index contributed by atoms with van der Waals surface area (Å²) in [7, 11) is 0. The minimum atomic E-state index is -4.68. The minimum Gasteiger partial charge on any atom is -0.488 e. The van der Waals surface area contributed by atoms with Crippen LogP contribution in [-0.4, -0.2) is 17.6 Å². The molecule has 8 nitrogen and oxygen atoms in total. The zero-order valence-corrected chi connectivity index (χ0v) is 18.6. The van der Waals surface area contributed by atoms with E-state index in [1.165, 1.54) is 43.7 Å². The number of furan rings is 1. The summed E-state index contributed by atoms with van der Waals surface area (Å²) in [6.07, 6.45) is -2.45. The van der Waals surface area contributed by atoms with Gasteiger partial charge in [-0.25, -0.2) is 0 Å². The van der Waals surface area contributed by atoms with Gasteiger partial charge in [-0.05, 0) is 55.0 Å². The number of nitrogens with two attached hydrogens (primary N) is 1. The van der Waals surface area contributed by atoms with E-state index >= 15 is 0 Å². The Labute approximate surface area is 198 Å². The molecule has 0 bridgehead atoms. The molecule has 0 aliphatic carbocycles. The van der Waals surface area contributed by atoms with Gasteiger partial charge in [-0.3, -0.25) is 15.0 Å². The van der Waals surface area contributed by atoms with Gasteiger partial charge in [0.25, 0.3) is 0 Å². The van der Waals surface area contributed by atoms with Crippen LogP contribution in [0.1, 0.15) is 41.6 Å². The first-order chi connectivity index (χ1) is 16.5. The van der Waals surface area contributed by atoms with Gasteiger partial charge < -0.3 is 25.5 Å². The number of amides is 2. The maximum Gasteiger partial charge on any atom is 0.419 e. The highest BCUT2D eigenvalue weighted by atomic mass is 19.4. The van der Waals surface area contributed by atoms with Gasteiger partial charge in [0.2, 0.25) is 11.8 Å². The van der Waals surface area contributed by atoms with Crippen LogP contribution in [0.25, 0.3) is 0 Å². The molecule has 0 radical (unpaired) electrons. The van der Waals surface area contributed by atoms with Gasteiger partial charge in [-0.1, -0.05) is 6.07 Å². The van der Waals surface area contributed by atoms with Crippen molar-refractivity contribution < 1.29 is 31.9 Å². The zero-order chi connectivity index (χ0) is 25.6. The number of carbonyl (C=O) groups excluding carboxylic acids is 2. The molecule has 1 aromatic heterocycles. The molecule has 1 unspecified atom stereocenters. The highest BCUT2D eigenvalue weighted by Gasteiger charge is 2.35. The van der Waals surface area contributed by atoms with Crippen molar-refractivity contribution in [3.8, 4) is 5.75 Å². The normalized spacial score (nSPS) is 12.0. The lowest BCUT2D eigenvalue weighted by Gasteiger charge is -2.19. The molecule has 0 saturated heterocycles. The Morgan fingerprint density at radius 1 is 1.11 bits per heavy atom. The Bertz CT molecular complexity index is 1190. The highest BCUT2D eigenvalue weighted by Crippen LogP contribution is 2.38. The Kier molecular flexibility index (Phi) is 7.80. The van der Waals surface area contributed by atoms with Gasteiger partial charge in [0.1, 0.15) is 24.6 Å². The van der Waals surface area contributed by atoms with Crippen LogP contribution in [0.3, 0.4) is 0 Å². The molecule has 0 spiro atoms. The first-order valence-corrected chi connectivity index (χ1v) is 10.4. The fraction of sp³-hybridized carbons (Fsp3) is 0.208. The SMILES string of the molecule is CC(NC(=O)CC(=O)Nc1ccc(C(=N)N)cc1)c1ccc(OCc2ccoc2)c(C(F)(F)F)c1. The number of halogens is 3. The van der Waals surface area contributed by atoms with Crippen LogP contribution >= 0.6 is 0 Å². The molecule has 0 aliphatic heterocycles. The van der Waals surface area contributed by atoms with Crippen molar-refractivity contribution in [1.82, 2.24) is 5.32 Å². The van der Waals surface area contributed by atoms with E-state index in [1.807, 2.05) is 0 Å². The standard InChI is InChI=1S/C24H23F3N4O4/c1-14(30-21(32)11-22(33)31-18-5-2-16(3-6-18)23(28)29)17-4-7-20(19(10-17)24(25,26)27)35-13-15-8-9-34-12-15/h2-10,12,14H,11,13H2,1H3,(H3,28,29)(H,30,32)(H,31,33). The van der Waals surface area contributed by atoms with Crippen molar-refractivity contribution in [2.75, 3.05) is 5.32 Å². The van der Waals surface area contributed by atoms with E-state index in [-0.39, 0.29) is 23.8 Å². The largest absolute Gasteiger partial charge is 0.488 e. The summed E-state index contributed by atoms with van der Waals surface area (Å²) >= 11 is 0. The number of carbonyl (C=O) groups is 2. The van der Waals surface area contributed by atoms with Crippen LogP contribution in [-0.2, 0) is 22.4 Å². The average Bonchev–Trinajstić information content (AvgIpc) is 3.30. The van der Waals surface area contributed by atoms with Gasteiger partial charge in [0.05, 0.1) is 24.1 Å². The number of nitrogens with one attached hydrogen (secondary N) is 3. The third kappa shape index (κ3) is 7.10. The van der Waals surface area contributed by atoms with Crippen LogP contribution in [0.2, 0.25) is 0 Å². The van der Waals surface area contributed by atoms with Crippen molar-refractivity contribution in [1.29, 1.82) is 5.41 Å². The number of benzene rings is 2. The van der Waals surface area contributed by atoms with E-state index in [4.69, 9.17) is 20.3 Å². The molecule has 3 rings (SSSR count). The summed E-state index contributed by atoms with van der Waals surface area (Å²) in [6.45, 7) is 1.41. The van der Waals surface area contributed by atoms with E-state index in [0.29, 0.717) is 16.8 Å². The highest BCUT2D eigenvalue weighted by molar-refractivity contribution is 6.04. The van der Waals surface area contributed by atoms with Crippen LogP contribution in [0.5, 0.6) is 5.75 Å². The number of alkyl halides is 3. The van der Waals surface area contributed by atoms with E-state index < -0.39 is 36.0 Å². The summed E-state index contributed by atoms with van der Waals surface area (Å²) in [4.78, 5) is 24.4. The zero-order valence-electron chi connectivity index (χ0n) is 18.6. The molecule has 0 aliphatic rings. The second-order valence-electron chi connectivity index (χ2n) is 7.68. The molecule has 184 valence electrons. The number of ether oxygens (including phenoxy) is 1. The summed E-state index contributed by atoms with van der Waals surface area (Å²) in [6, 6.07) is 10.5. The second-order valence-corrected chi connectivity index (χ2v) is 7.68. The van der Waals surface area contributed by atoms with Gasteiger partial charge in [-0.15, -0.1) is 0 Å². The number of nitrogen functional groups attached to an aromatic ring is 1. The molecular weight excluding hydrogens is 465 g/mol. The summed E-state index contributed by atoms with van der Waals surface area (Å²) in [5.41, 5.74) is 6.05. The summed E-state index contributed by atoms with van der Waals surface area (Å²) < 4.78 is 51.0. The molecule has 11 heteroatoms. The lowest BCUT2D eigenvalue weighted by Crippen LogP contribution is -2.30. The summed E-state index contributed by atoms with van der Waals surface area (Å²) in [5, 5.41) is 12.4. The smallest absolute Gasteiger partial charge is 0.419 e. The van der Waals surface area contributed by atoms with E-state index in [9.17, 15) is 22.8 Å². The molecule has 0 saturated carbocycles. The maximum atomic E-state index is 13.6. The molecule has 2 amide bonds. The molecule has 3 aromatic rings. The van der Waals surface area contributed by atoms with Crippen molar-refractivity contribution in [2.45, 2.75) is 32.2 Å². The van der Waals surface area contributed by atoms with E-state index in [1.54, 1.807) is 18.2 Å².